The monoisotopic (exact) mass is 415 g/mol. The number of hydrogen-bond donors (Lipinski definition) is 1. The molecule has 0 saturated heterocycles. The lowest BCUT2D eigenvalue weighted by Gasteiger charge is -2.13. The Morgan fingerprint density at radius 1 is 0.967 bits per heavy atom. The molecule has 4 aromatic rings. The van der Waals surface area contributed by atoms with Crippen LogP contribution in [0, 0.1) is 0 Å². The highest BCUT2D eigenvalue weighted by molar-refractivity contribution is 7.99. The molecule has 6 heteroatoms. The zero-order chi connectivity index (χ0) is 20.9. The highest BCUT2D eigenvalue weighted by Gasteiger charge is 2.15. The second kappa shape index (κ2) is 8.97. The van der Waals surface area contributed by atoms with Gasteiger partial charge in [-0.05, 0) is 42.3 Å². The number of aromatic nitrogens is 2. The van der Waals surface area contributed by atoms with Crippen LogP contribution in [0.3, 0.4) is 0 Å². The highest BCUT2D eigenvalue weighted by atomic mass is 32.2. The number of nitrogens with zero attached hydrogens (tertiary/aromatic N) is 2. The van der Waals surface area contributed by atoms with E-state index < -0.39 is 0 Å². The standard InChI is InChI=1S/C24H21N3O2S/c1-2-17-10-6-8-14-20(17)25-22(28)16-30-24-26-21-15-9-7-13-19(21)23(29)27(24)18-11-4-3-5-12-18/h3-15H,2,16H2,1H3,(H,25,28). The maximum atomic E-state index is 13.2. The lowest BCUT2D eigenvalue weighted by Crippen LogP contribution is -2.23. The third-order valence-corrected chi connectivity index (χ3v) is 5.70. The predicted molar refractivity (Wildman–Crippen MR) is 123 cm³/mol. The van der Waals surface area contributed by atoms with Crippen LogP contribution in [0.15, 0.2) is 88.8 Å². The van der Waals surface area contributed by atoms with Gasteiger partial charge < -0.3 is 5.32 Å². The minimum Gasteiger partial charge on any atom is -0.325 e. The number of aryl methyl sites for hydroxylation is 1. The first-order chi connectivity index (χ1) is 14.7. The normalized spacial score (nSPS) is 10.8. The van der Waals surface area contributed by atoms with Gasteiger partial charge in [0.15, 0.2) is 5.16 Å². The van der Waals surface area contributed by atoms with Gasteiger partial charge >= 0.3 is 0 Å². The molecule has 30 heavy (non-hydrogen) atoms. The van der Waals surface area contributed by atoms with E-state index in [0.29, 0.717) is 16.1 Å². The fourth-order valence-electron chi connectivity index (χ4n) is 3.28. The van der Waals surface area contributed by atoms with Crippen LogP contribution >= 0.6 is 11.8 Å². The van der Waals surface area contributed by atoms with Crippen molar-refractivity contribution >= 4 is 34.3 Å². The fourth-order valence-corrected chi connectivity index (χ4v) is 4.09. The smallest absolute Gasteiger partial charge is 0.266 e. The van der Waals surface area contributed by atoms with Gasteiger partial charge in [0.1, 0.15) is 0 Å². The third kappa shape index (κ3) is 4.14. The Morgan fingerprint density at radius 2 is 1.67 bits per heavy atom. The van der Waals surface area contributed by atoms with Crippen LogP contribution in [0.5, 0.6) is 0 Å². The summed E-state index contributed by atoms with van der Waals surface area (Å²) >= 11 is 1.25. The van der Waals surface area contributed by atoms with Crippen molar-refractivity contribution in [1.82, 2.24) is 9.55 Å². The van der Waals surface area contributed by atoms with Crippen LogP contribution < -0.4 is 10.9 Å². The van der Waals surface area contributed by atoms with Gasteiger partial charge in [-0.3, -0.25) is 14.2 Å². The minimum atomic E-state index is -0.147. The van der Waals surface area contributed by atoms with E-state index in [-0.39, 0.29) is 17.2 Å². The van der Waals surface area contributed by atoms with Crippen LogP contribution in [-0.4, -0.2) is 21.2 Å². The van der Waals surface area contributed by atoms with Gasteiger partial charge in [-0.2, -0.15) is 0 Å². The Labute approximate surface area is 178 Å². The quantitative estimate of drug-likeness (QED) is 0.367. The predicted octanol–water partition coefficient (Wildman–Crippen LogP) is 4.68. The van der Waals surface area contributed by atoms with E-state index in [0.717, 1.165) is 23.4 Å². The van der Waals surface area contributed by atoms with E-state index in [1.165, 1.54) is 11.8 Å². The highest BCUT2D eigenvalue weighted by Crippen LogP contribution is 2.22. The third-order valence-electron chi connectivity index (χ3n) is 4.76. The molecule has 0 unspecified atom stereocenters. The fraction of sp³-hybridized carbons (Fsp3) is 0.125. The molecule has 0 aliphatic carbocycles. The van der Waals surface area contributed by atoms with E-state index in [1.54, 1.807) is 10.6 Å². The molecule has 1 heterocycles. The van der Waals surface area contributed by atoms with Crippen LogP contribution in [-0.2, 0) is 11.2 Å². The van der Waals surface area contributed by atoms with Gasteiger partial charge in [-0.15, -0.1) is 0 Å². The zero-order valence-electron chi connectivity index (χ0n) is 16.5. The van der Waals surface area contributed by atoms with Gasteiger partial charge in [0.05, 0.1) is 22.3 Å². The van der Waals surface area contributed by atoms with Crippen molar-refractivity contribution in [3.63, 3.8) is 0 Å². The van der Waals surface area contributed by atoms with Gasteiger partial charge in [0.2, 0.25) is 5.91 Å². The summed E-state index contributed by atoms with van der Waals surface area (Å²) in [5.74, 6) is 0.0123. The molecule has 5 nitrogen and oxygen atoms in total. The molecule has 0 aliphatic heterocycles. The summed E-state index contributed by atoms with van der Waals surface area (Å²) in [7, 11) is 0. The van der Waals surface area contributed by atoms with E-state index in [9.17, 15) is 9.59 Å². The summed E-state index contributed by atoms with van der Waals surface area (Å²) in [6, 6.07) is 24.4. The number of amides is 1. The maximum absolute atomic E-state index is 13.2. The van der Waals surface area contributed by atoms with Crippen LogP contribution in [0.25, 0.3) is 16.6 Å². The van der Waals surface area contributed by atoms with Gasteiger partial charge in [0, 0.05) is 5.69 Å². The Morgan fingerprint density at radius 3 is 2.47 bits per heavy atom. The second-order valence-corrected chi connectivity index (χ2v) is 7.68. The topological polar surface area (TPSA) is 64.0 Å². The molecule has 150 valence electrons. The molecule has 3 aromatic carbocycles. The number of rotatable bonds is 6. The number of para-hydroxylation sites is 3. The number of anilines is 1. The molecule has 0 bridgehead atoms. The summed E-state index contributed by atoms with van der Waals surface area (Å²) in [5, 5.41) is 4.01. The van der Waals surface area contributed by atoms with Crippen molar-refractivity contribution in [3.05, 3.63) is 94.8 Å². The Bertz CT molecular complexity index is 1250. The minimum absolute atomic E-state index is 0.136. The summed E-state index contributed by atoms with van der Waals surface area (Å²) in [5.41, 5.74) is 3.10. The van der Waals surface area contributed by atoms with Crippen molar-refractivity contribution in [2.75, 3.05) is 11.1 Å². The number of hydrogen-bond acceptors (Lipinski definition) is 4. The molecule has 0 atom stereocenters. The molecule has 0 aliphatic rings. The first-order valence-corrected chi connectivity index (χ1v) is 10.7. The average molecular weight is 416 g/mol. The van der Waals surface area contributed by atoms with Crippen molar-refractivity contribution in [3.8, 4) is 5.69 Å². The number of carbonyl (C=O) groups is 1. The maximum Gasteiger partial charge on any atom is 0.266 e. The van der Waals surface area contributed by atoms with Crippen molar-refractivity contribution < 1.29 is 4.79 Å². The molecule has 0 saturated carbocycles. The SMILES string of the molecule is CCc1ccccc1NC(=O)CSc1nc2ccccc2c(=O)n1-c1ccccc1. The number of benzene rings is 3. The van der Waals surface area contributed by atoms with Gasteiger partial charge in [0.25, 0.3) is 5.56 Å². The summed E-state index contributed by atoms with van der Waals surface area (Å²) < 4.78 is 1.57. The molecule has 0 spiro atoms. The van der Waals surface area contributed by atoms with Crippen molar-refractivity contribution in [2.24, 2.45) is 0 Å². The summed E-state index contributed by atoms with van der Waals surface area (Å²) in [6.07, 6.45) is 0.837. The van der Waals surface area contributed by atoms with Crippen LogP contribution in [0.2, 0.25) is 0 Å². The zero-order valence-corrected chi connectivity index (χ0v) is 17.4. The summed E-state index contributed by atoms with van der Waals surface area (Å²) in [6.45, 7) is 2.05. The molecule has 1 aromatic heterocycles. The van der Waals surface area contributed by atoms with Crippen molar-refractivity contribution in [2.45, 2.75) is 18.5 Å². The number of nitrogens with one attached hydrogen (secondary N) is 1. The number of thioether (sulfide) groups is 1. The lowest BCUT2D eigenvalue weighted by molar-refractivity contribution is -0.113. The number of carbonyl (C=O) groups excluding carboxylic acids is 1. The molecule has 1 amide bonds. The number of fused-ring (bicyclic) bond motifs is 1. The lowest BCUT2D eigenvalue weighted by atomic mass is 10.1. The van der Waals surface area contributed by atoms with E-state index in [4.69, 9.17) is 0 Å². The molecular weight excluding hydrogens is 394 g/mol. The van der Waals surface area contributed by atoms with E-state index in [1.807, 2.05) is 72.8 Å². The Balaban J connectivity index is 1.65. The van der Waals surface area contributed by atoms with Gasteiger partial charge in [-0.25, -0.2) is 4.98 Å². The molecule has 0 fully saturated rings. The van der Waals surface area contributed by atoms with Crippen LogP contribution in [0.1, 0.15) is 12.5 Å². The van der Waals surface area contributed by atoms with E-state index >= 15 is 0 Å². The van der Waals surface area contributed by atoms with Crippen LogP contribution in [0.4, 0.5) is 5.69 Å². The molecule has 0 radical (unpaired) electrons. The Kier molecular flexibility index (Phi) is 5.95. The molecular formula is C24H21N3O2S. The first kappa shape index (κ1) is 19.9. The summed E-state index contributed by atoms with van der Waals surface area (Å²) in [4.78, 5) is 30.5. The average Bonchev–Trinajstić information content (AvgIpc) is 2.79. The largest absolute Gasteiger partial charge is 0.325 e. The first-order valence-electron chi connectivity index (χ1n) is 9.75. The van der Waals surface area contributed by atoms with Crippen molar-refractivity contribution in [1.29, 1.82) is 0 Å². The van der Waals surface area contributed by atoms with Gasteiger partial charge in [-0.1, -0.05) is 67.2 Å². The van der Waals surface area contributed by atoms with E-state index in [2.05, 4.69) is 17.2 Å². The Hall–Kier alpha value is -3.38. The molecule has 1 N–H and O–H groups in total. The molecule has 4 rings (SSSR count). The second-order valence-electron chi connectivity index (χ2n) is 6.74.